The number of halogens is 1. The number of carbonyl (C=O) groups is 2. The molecule has 0 unspecified atom stereocenters. The first-order chi connectivity index (χ1) is 17.4. The lowest BCUT2D eigenvalue weighted by Crippen LogP contribution is -2.45. The lowest BCUT2D eigenvalue weighted by Gasteiger charge is -2.25. The minimum absolute atomic E-state index is 0.00900. The minimum atomic E-state index is -3.18. The Bertz CT molecular complexity index is 1280. The molecule has 37 heavy (non-hydrogen) atoms. The number of hydrogen-bond acceptors (Lipinski definition) is 6. The number of amidine groups is 1. The largest absolute Gasteiger partial charge is 0.444 e. The van der Waals surface area contributed by atoms with Gasteiger partial charge in [-0.05, 0) is 44.0 Å². The number of alkyl carbamates (subject to hydrolysis) is 1. The van der Waals surface area contributed by atoms with E-state index in [2.05, 4.69) is 10.3 Å². The summed E-state index contributed by atoms with van der Waals surface area (Å²) in [5, 5.41) is 3.51. The van der Waals surface area contributed by atoms with Crippen LogP contribution in [-0.4, -0.2) is 64.9 Å². The highest BCUT2D eigenvalue weighted by Crippen LogP contribution is 2.39. The van der Waals surface area contributed by atoms with Crippen LogP contribution in [0.3, 0.4) is 0 Å². The van der Waals surface area contributed by atoms with Gasteiger partial charge in [0.05, 0.1) is 17.5 Å². The van der Waals surface area contributed by atoms with Crippen molar-refractivity contribution in [3.05, 3.63) is 70.7 Å². The van der Waals surface area contributed by atoms with Gasteiger partial charge in [-0.25, -0.2) is 13.2 Å². The minimum Gasteiger partial charge on any atom is -0.444 e. The monoisotopic (exact) mass is 563 g/mol. The standard InChI is InChI=1S/C26H30ClN3O5S2/c1-26(2,3)35-25(32)28-20(13-17-7-5-4-6-8-17)23(31)29-24-30(14-18-9-11-19(27)12-10-18)21-15-37(33,34)16-22(21)36-24/h4-12,20-22H,13-16H2,1-3H3,(H,28,32)/t20-,21+,22-/m1/s1. The van der Waals surface area contributed by atoms with E-state index in [0.717, 1.165) is 11.1 Å². The third-order valence-corrected chi connectivity index (χ3v) is 9.42. The molecule has 0 radical (unpaired) electrons. The molecule has 11 heteroatoms. The molecule has 0 spiro atoms. The summed E-state index contributed by atoms with van der Waals surface area (Å²) in [6.45, 7) is 5.63. The molecule has 2 saturated heterocycles. The molecular formula is C26H30ClN3O5S2. The van der Waals surface area contributed by atoms with E-state index < -0.39 is 33.5 Å². The summed E-state index contributed by atoms with van der Waals surface area (Å²) >= 11 is 7.33. The zero-order valence-corrected chi connectivity index (χ0v) is 23.3. The van der Waals surface area contributed by atoms with Crippen molar-refractivity contribution in [3.8, 4) is 0 Å². The number of ether oxygens (including phenoxy) is 1. The van der Waals surface area contributed by atoms with Crippen LogP contribution in [0.5, 0.6) is 0 Å². The predicted octanol–water partition coefficient (Wildman–Crippen LogP) is 4.07. The van der Waals surface area contributed by atoms with Crippen LogP contribution in [0.25, 0.3) is 0 Å². The van der Waals surface area contributed by atoms with Gasteiger partial charge in [0.25, 0.3) is 5.91 Å². The third kappa shape index (κ3) is 7.49. The van der Waals surface area contributed by atoms with E-state index in [1.807, 2.05) is 47.4 Å². The Balaban J connectivity index is 1.60. The fourth-order valence-electron chi connectivity index (χ4n) is 4.28. The van der Waals surface area contributed by atoms with E-state index >= 15 is 0 Å². The van der Waals surface area contributed by atoms with Crippen molar-refractivity contribution in [2.75, 3.05) is 11.5 Å². The van der Waals surface area contributed by atoms with Crippen molar-refractivity contribution >= 4 is 50.4 Å². The molecule has 3 atom stereocenters. The molecule has 2 aromatic carbocycles. The van der Waals surface area contributed by atoms with Gasteiger partial charge in [-0.2, -0.15) is 4.99 Å². The van der Waals surface area contributed by atoms with Gasteiger partial charge in [0.15, 0.2) is 15.0 Å². The van der Waals surface area contributed by atoms with Gasteiger partial charge in [-0.15, -0.1) is 0 Å². The first-order valence-corrected chi connectivity index (χ1v) is 15.0. The summed E-state index contributed by atoms with van der Waals surface area (Å²) in [4.78, 5) is 32.3. The van der Waals surface area contributed by atoms with Gasteiger partial charge in [0, 0.05) is 23.2 Å². The highest BCUT2D eigenvalue weighted by atomic mass is 35.5. The summed E-state index contributed by atoms with van der Waals surface area (Å²) < 4.78 is 30.0. The second-order valence-corrected chi connectivity index (χ2v) is 14.0. The molecule has 0 bridgehead atoms. The smallest absolute Gasteiger partial charge is 0.408 e. The summed E-state index contributed by atoms with van der Waals surface area (Å²) in [6, 6.07) is 15.4. The Morgan fingerprint density at radius 2 is 1.78 bits per heavy atom. The lowest BCUT2D eigenvalue weighted by atomic mass is 10.1. The number of benzene rings is 2. The number of rotatable bonds is 6. The van der Waals surface area contributed by atoms with Crippen molar-refractivity contribution in [3.63, 3.8) is 0 Å². The summed E-state index contributed by atoms with van der Waals surface area (Å²) in [5.74, 6) is -0.480. The van der Waals surface area contributed by atoms with Crippen molar-refractivity contribution in [2.45, 2.75) is 56.7 Å². The Hall–Kier alpha value is -2.56. The van der Waals surface area contributed by atoms with Gasteiger partial charge in [-0.3, -0.25) is 4.79 Å². The van der Waals surface area contributed by atoms with Gasteiger partial charge >= 0.3 is 6.09 Å². The van der Waals surface area contributed by atoms with Crippen LogP contribution >= 0.6 is 23.4 Å². The Morgan fingerprint density at radius 1 is 1.11 bits per heavy atom. The number of carbonyl (C=O) groups excluding carboxylic acids is 2. The summed E-state index contributed by atoms with van der Waals surface area (Å²) in [6.07, 6.45) is -0.472. The molecule has 8 nitrogen and oxygen atoms in total. The number of fused-ring (bicyclic) bond motifs is 1. The van der Waals surface area contributed by atoms with Crippen LogP contribution in [0, 0.1) is 0 Å². The molecule has 4 rings (SSSR count). The van der Waals surface area contributed by atoms with Crippen LogP contribution < -0.4 is 5.32 Å². The van der Waals surface area contributed by atoms with Crippen molar-refractivity contribution < 1.29 is 22.7 Å². The average molecular weight is 564 g/mol. The quantitative estimate of drug-likeness (QED) is 0.564. The van der Waals surface area contributed by atoms with Crippen LogP contribution in [-0.2, 0) is 32.3 Å². The molecule has 2 heterocycles. The Labute approximate surface area is 226 Å². The number of thioether (sulfide) groups is 1. The van der Waals surface area contributed by atoms with Crippen molar-refractivity contribution in [1.29, 1.82) is 0 Å². The van der Waals surface area contributed by atoms with Crippen LogP contribution in [0.4, 0.5) is 4.79 Å². The molecule has 2 aliphatic rings. The molecule has 2 aromatic rings. The molecule has 0 aliphatic carbocycles. The molecule has 2 fully saturated rings. The van der Waals surface area contributed by atoms with E-state index in [4.69, 9.17) is 16.3 Å². The molecule has 0 saturated carbocycles. The zero-order chi connectivity index (χ0) is 26.8. The molecule has 2 amide bonds. The van der Waals surface area contributed by atoms with Gasteiger partial charge in [0.1, 0.15) is 11.6 Å². The van der Waals surface area contributed by atoms with Gasteiger partial charge in [-0.1, -0.05) is 65.8 Å². The van der Waals surface area contributed by atoms with E-state index in [0.29, 0.717) is 16.7 Å². The van der Waals surface area contributed by atoms with Crippen molar-refractivity contribution in [2.24, 2.45) is 4.99 Å². The Kier molecular flexibility index (Phi) is 8.20. The van der Waals surface area contributed by atoms with Crippen LogP contribution in [0.1, 0.15) is 31.9 Å². The number of aliphatic imine (C=N–C) groups is 1. The highest BCUT2D eigenvalue weighted by molar-refractivity contribution is 8.15. The molecule has 0 aromatic heterocycles. The normalized spacial score (nSPS) is 22.5. The first kappa shape index (κ1) is 27.5. The van der Waals surface area contributed by atoms with Gasteiger partial charge in [0.2, 0.25) is 0 Å². The highest BCUT2D eigenvalue weighted by Gasteiger charge is 2.48. The van der Waals surface area contributed by atoms with E-state index in [1.165, 1.54) is 11.8 Å². The van der Waals surface area contributed by atoms with Crippen LogP contribution in [0.2, 0.25) is 5.02 Å². The van der Waals surface area contributed by atoms with E-state index in [1.54, 1.807) is 32.9 Å². The van der Waals surface area contributed by atoms with Gasteiger partial charge < -0.3 is 15.0 Å². The summed E-state index contributed by atoms with van der Waals surface area (Å²) in [5.41, 5.74) is 1.05. The van der Waals surface area contributed by atoms with Crippen molar-refractivity contribution in [1.82, 2.24) is 10.2 Å². The summed E-state index contributed by atoms with van der Waals surface area (Å²) in [7, 11) is -3.18. The zero-order valence-electron chi connectivity index (χ0n) is 20.9. The fourth-order valence-corrected chi connectivity index (χ4v) is 8.36. The second-order valence-electron chi connectivity index (χ2n) is 10.2. The molecule has 1 N–H and O–H groups in total. The molecule has 2 aliphatic heterocycles. The molecular weight excluding hydrogens is 534 g/mol. The number of hydrogen-bond donors (Lipinski definition) is 1. The Morgan fingerprint density at radius 3 is 2.43 bits per heavy atom. The maximum atomic E-state index is 13.5. The number of nitrogens with zero attached hydrogens (tertiary/aromatic N) is 2. The van der Waals surface area contributed by atoms with Crippen LogP contribution in [0.15, 0.2) is 59.6 Å². The average Bonchev–Trinajstić information content (AvgIpc) is 3.25. The SMILES string of the molecule is CC(C)(C)OC(=O)N[C@H](Cc1ccccc1)C(=O)N=C1S[C@@H]2CS(=O)(=O)C[C@@H]2N1Cc1ccc(Cl)cc1. The lowest BCUT2D eigenvalue weighted by molar-refractivity contribution is -0.119. The van der Waals surface area contributed by atoms with E-state index in [-0.39, 0.29) is 29.2 Å². The topological polar surface area (TPSA) is 105 Å². The number of amides is 2. The maximum Gasteiger partial charge on any atom is 0.408 e. The van der Waals surface area contributed by atoms with E-state index in [9.17, 15) is 18.0 Å². The molecule has 198 valence electrons. The fraction of sp³-hybridized carbons (Fsp3) is 0.423. The number of sulfone groups is 1. The maximum absolute atomic E-state index is 13.5. The number of nitrogens with one attached hydrogen (secondary N) is 1. The predicted molar refractivity (Wildman–Crippen MR) is 147 cm³/mol. The second kappa shape index (κ2) is 11.0. The third-order valence-electron chi connectivity index (χ3n) is 5.92. The first-order valence-electron chi connectivity index (χ1n) is 11.9.